The van der Waals surface area contributed by atoms with Gasteiger partial charge < -0.3 is 10.6 Å². The minimum Gasteiger partial charge on any atom is -0.380 e. The molecule has 0 spiro atoms. The Kier molecular flexibility index (Phi) is 5.22. The van der Waals surface area contributed by atoms with Gasteiger partial charge in [-0.05, 0) is 61.3 Å². The third kappa shape index (κ3) is 4.09. The number of halogens is 2. The number of benzene rings is 2. The highest BCUT2D eigenvalue weighted by atomic mass is 35.5. The van der Waals surface area contributed by atoms with E-state index < -0.39 is 6.02 Å². The Hall–Kier alpha value is -3.34. The summed E-state index contributed by atoms with van der Waals surface area (Å²) in [7, 11) is 0. The van der Waals surface area contributed by atoms with E-state index in [9.17, 15) is 6.63 Å². The van der Waals surface area contributed by atoms with Crippen LogP contribution in [0.4, 0.5) is 11.4 Å². The van der Waals surface area contributed by atoms with Crippen molar-refractivity contribution in [3.05, 3.63) is 75.7 Å². The van der Waals surface area contributed by atoms with Crippen LogP contribution < -0.4 is 10.6 Å². The van der Waals surface area contributed by atoms with Gasteiger partial charge in [0.1, 0.15) is 11.8 Å². The number of hydrogen-bond acceptors (Lipinski definition) is 6. The molecule has 2 heterocycles. The standard InChI is InChI=1S/C28H25Cl2N7/c29-22-7-2-1-4-20(22)28(24-14-37(36-35-24)17-8-9-17)33-16-10-21-25(34-26-18-5-3-6-19(18)26)15(12-31)13-32-27(21)23(30)11-16/h1-2,4,7,10-11,13-14,17-19,26,28,33H,3,5-6,8-9H2,(H,32,34)/t18-,19+,26+,28?/i28D. The molecule has 37 heavy (non-hydrogen) atoms. The Bertz CT molecular complexity index is 1600. The molecule has 3 saturated carbocycles. The van der Waals surface area contributed by atoms with Crippen molar-refractivity contribution in [3.8, 4) is 6.07 Å². The van der Waals surface area contributed by atoms with Crippen LogP contribution in [0.3, 0.4) is 0 Å². The van der Waals surface area contributed by atoms with Gasteiger partial charge in [0, 0.05) is 28.3 Å². The summed E-state index contributed by atoms with van der Waals surface area (Å²) < 4.78 is 11.5. The minimum absolute atomic E-state index is 0.327. The van der Waals surface area contributed by atoms with Gasteiger partial charge in [-0.1, -0.05) is 53.0 Å². The molecule has 2 N–H and O–H groups in total. The van der Waals surface area contributed by atoms with Gasteiger partial charge >= 0.3 is 0 Å². The van der Waals surface area contributed by atoms with Crippen molar-refractivity contribution in [2.75, 3.05) is 10.6 Å². The van der Waals surface area contributed by atoms with Crippen LogP contribution >= 0.6 is 23.2 Å². The third-order valence-corrected chi connectivity index (χ3v) is 8.48. The average Bonchev–Trinajstić information content (AvgIpc) is 3.73. The van der Waals surface area contributed by atoms with E-state index in [1.807, 2.05) is 35.1 Å². The van der Waals surface area contributed by atoms with E-state index in [2.05, 4.69) is 32.0 Å². The molecule has 1 unspecified atom stereocenters. The summed E-state index contributed by atoms with van der Waals surface area (Å²) >= 11 is 13.4. The Balaban J connectivity index is 1.33. The quantitative estimate of drug-likeness (QED) is 0.274. The van der Waals surface area contributed by atoms with Crippen molar-refractivity contribution in [1.82, 2.24) is 20.0 Å². The third-order valence-electron chi connectivity index (χ3n) is 7.86. The molecular weight excluding hydrogens is 505 g/mol. The van der Waals surface area contributed by atoms with Crippen LogP contribution in [0.25, 0.3) is 10.9 Å². The number of nitrogens with one attached hydrogen (secondary N) is 2. The van der Waals surface area contributed by atoms with E-state index in [0.29, 0.717) is 62.0 Å². The molecule has 4 atom stereocenters. The van der Waals surface area contributed by atoms with Gasteiger partial charge in [0.05, 0.1) is 41.4 Å². The van der Waals surface area contributed by atoms with Crippen molar-refractivity contribution >= 4 is 45.5 Å². The summed E-state index contributed by atoms with van der Waals surface area (Å²) in [5, 5.41) is 27.2. The van der Waals surface area contributed by atoms with Crippen LogP contribution in [0.15, 0.2) is 48.8 Å². The Morgan fingerprint density at radius 2 is 1.92 bits per heavy atom. The number of aromatic nitrogens is 4. The molecule has 3 aliphatic carbocycles. The van der Waals surface area contributed by atoms with Crippen LogP contribution in [0.2, 0.25) is 10.0 Å². The monoisotopic (exact) mass is 530 g/mol. The molecule has 3 aliphatic rings. The van der Waals surface area contributed by atoms with Gasteiger partial charge in [0.15, 0.2) is 0 Å². The van der Waals surface area contributed by atoms with Crippen molar-refractivity contribution < 1.29 is 1.37 Å². The summed E-state index contributed by atoms with van der Waals surface area (Å²) in [6.07, 6.45) is 9.23. The number of nitrogens with zero attached hydrogens (tertiary/aromatic N) is 5. The molecule has 3 fully saturated rings. The van der Waals surface area contributed by atoms with E-state index in [1.54, 1.807) is 18.3 Å². The van der Waals surface area contributed by atoms with E-state index in [-0.39, 0.29) is 0 Å². The second kappa shape index (κ2) is 8.90. The van der Waals surface area contributed by atoms with Crippen LogP contribution in [0.1, 0.15) is 62.4 Å². The van der Waals surface area contributed by atoms with Crippen molar-refractivity contribution in [1.29, 1.82) is 5.26 Å². The molecule has 7 nitrogen and oxygen atoms in total. The van der Waals surface area contributed by atoms with Crippen molar-refractivity contribution in [2.24, 2.45) is 11.8 Å². The van der Waals surface area contributed by atoms with Gasteiger partial charge in [-0.2, -0.15) is 5.26 Å². The fourth-order valence-corrected chi connectivity index (χ4v) is 6.26. The smallest absolute Gasteiger partial charge is 0.110 e. The lowest BCUT2D eigenvalue weighted by molar-refractivity contribution is 0.610. The lowest BCUT2D eigenvalue weighted by Crippen LogP contribution is -2.14. The number of hydrogen-bond donors (Lipinski definition) is 2. The van der Waals surface area contributed by atoms with Crippen molar-refractivity contribution in [3.63, 3.8) is 0 Å². The highest BCUT2D eigenvalue weighted by molar-refractivity contribution is 6.36. The molecule has 2 aromatic heterocycles. The highest BCUT2D eigenvalue weighted by Crippen LogP contribution is 2.54. The second-order valence-electron chi connectivity index (χ2n) is 10.2. The van der Waals surface area contributed by atoms with Crippen LogP contribution in [-0.2, 0) is 0 Å². The first-order valence-corrected chi connectivity index (χ1v) is 13.5. The first-order valence-electron chi connectivity index (χ1n) is 13.2. The molecule has 0 saturated heterocycles. The maximum absolute atomic E-state index is 9.88. The molecule has 7 rings (SSSR count). The molecule has 9 heteroatoms. The fourth-order valence-electron chi connectivity index (χ4n) is 5.76. The fraction of sp³-hybridized carbons (Fsp3) is 0.357. The minimum atomic E-state index is -1.54. The summed E-state index contributed by atoms with van der Waals surface area (Å²) in [5.74, 6) is 1.33. The topological polar surface area (TPSA) is 91.5 Å². The lowest BCUT2D eigenvalue weighted by atomic mass is 10.0. The van der Waals surface area contributed by atoms with Gasteiger partial charge in [0.2, 0.25) is 0 Å². The summed E-state index contributed by atoms with van der Waals surface area (Å²) in [5.41, 5.74) is 3.41. The number of pyridine rings is 1. The van der Waals surface area contributed by atoms with Crippen LogP contribution in [-0.4, -0.2) is 26.0 Å². The van der Waals surface area contributed by atoms with Crippen molar-refractivity contribution in [2.45, 2.75) is 50.2 Å². The SMILES string of the molecule is [2H]C(Nc1cc(Cl)c2ncc(C#N)c(N[C@H]3[C@@H]4CCC[C@@H]43)c2c1)(c1cn(C2CC2)nn1)c1ccccc1Cl. The van der Waals surface area contributed by atoms with Crippen LogP contribution in [0.5, 0.6) is 0 Å². The Morgan fingerprint density at radius 1 is 1.11 bits per heavy atom. The first-order chi connectivity index (χ1) is 18.5. The van der Waals surface area contributed by atoms with E-state index >= 15 is 0 Å². The van der Waals surface area contributed by atoms with E-state index in [0.717, 1.165) is 23.9 Å². The number of rotatable bonds is 7. The zero-order valence-electron chi connectivity index (χ0n) is 21.0. The largest absolute Gasteiger partial charge is 0.380 e. The molecule has 0 aliphatic heterocycles. The Labute approximate surface area is 226 Å². The maximum Gasteiger partial charge on any atom is 0.110 e. The normalized spacial score (nSPS) is 24.1. The van der Waals surface area contributed by atoms with Crippen LogP contribution in [0, 0.1) is 23.2 Å². The van der Waals surface area contributed by atoms with Gasteiger partial charge in [-0.25, -0.2) is 4.68 Å². The van der Waals surface area contributed by atoms with E-state index in [4.69, 9.17) is 23.2 Å². The first kappa shape index (κ1) is 21.7. The molecular formula is C28H25Cl2N7. The Morgan fingerprint density at radius 3 is 2.68 bits per heavy atom. The lowest BCUT2D eigenvalue weighted by Gasteiger charge is -2.21. The molecule has 2 aromatic carbocycles. The predicted molar refractivity (Wildman–Crippen MR) is 145 cm³/mol. The van der Waals surface area contributed by atoms with Gasteiger partial charge in [0.25, 0.3) is 0 Å². The number of anilines is 2. The predicted octanol–water partition coefficient (Wildman–Crippen LogP) is 6.75. The molecule has 0 bridgehead atoms. The summed E-state index contributed by atoms with van der Waals surface area (Å²) in [6.45, 7) is 0. The zero-order chi connectivity index (χ0) is 26.0. The van der Waals surface area contributed by atoms with E-state index in [1.165, 1.54) is 19.3 Å². The summed E-state index contributed by atoms with van der Waals surface area (Å²) in [6, 6.07) is 12.4. The maximum atomic E-state index is 9.88. The average molecular weight is 531 g/mol. The van der Waals surface area contributed by atoms with Gasteiger partial charge in [-0.15, -0.1) is 5.10 Å². The number of nitriles is 1. The molecule has 0 radical (unpaired) electrons. The van der Waals surface area contributed by atoms with Gasteiger partial charge in [-0.3, -0.25) is 4.98 Å². The summed E-state index contributed by atoms with van der Waals surface area (Å²) in [4.78, 5) is 4.49. The zero-order valence-corrected chi connectivity index (χ0v) is 21.5. The molecule has 186 valence electrons. The second-order valence-corrected chi connectivity index (χ2v) is 11.1. The molecule has 0 amide bonds. The highest BCUT2D eigenvalue weighted by Gasteiger charge is 2.52. The molecule has 4 aromatic rings. The number of fused-ring (bicyclic) bond motifs is 2.